The van der Waals surface area contributed by atoms with E-state index in [1.54, 1.807) is 50.4 Å². The lowest BCUT2D eigenvalue weighted by Crippen LogP contribution is -2.38. The minimum absolute atomic E-state index is 0.166. The molecule has 0 aliphatic heterocycles. The van der Waals surface area contributed by atoms with Crippen LogP contribution < -0.4 is 4.31 Å². The number of hydrogen-bond donors (Lipinski definition) is 0. The molecule has 1 heterocycles. The number of nitrogens with zero attached hydrogens (tertiary/aromatic N) is 1. The van der Waals surface area contributed by atoms with E-state index >= 15 is 0 Å². The van der Waals surface area contributed by atoms with Crippen molar-refractivity contribution in [3.05, 3.63) is 45.1 Å². The molecule has 26 heavy (non-hydrogen) atoms. The van der Waals surface area contributed by atoms with Crippen molar-refractivity contribution >= 4 is 56.0 Å². The highest BCUT2D eigenvalue weighted by molar-refractivity contribution is 9.10. The quantitative estimate of drug-likeness (QED) is 0.616. The zero-order chi connectivity index (χ0) is 19.5. The Hall–Kier alpha value is -1.71. The van der Waals surface area contributed by atoms with Gasteiger partial charge >= 0.3 is 12.1 Å². The van der Waals surface area contributed by atoms with Crippen LogP contribution in [0, 0.1) is 0 Å². The Kier molecular flexibility index (Phi) is 6.59. The largest absolute Gasteiger partial charge is 0.465 e. The third-order valence-corrected chi connectivity index (χ3v) is 6.23. The molecule has 0 N–H and O–H groups in total. The molecule has 0 bridgehead atoms. The van der Waals surface area contributed by atoms with Crippen molar-refractivity contribution in [1.29, 1.82) is 0 Å². The normalized spacial score (nSPS) is 12.3. The van der Waals surface area contributed by atoms with Crippen LogP contribution in [0.15, 0.2) is 45.1 Å². The van der Waals surface area contributed by atoms with Gasteiger partial charge in [-0.3, -0.25) is 0 Å². The minimum Gasteiger partial charge on any atom is -0.465 e. The molecule has 1 aromatic heterocycles. The van der Waals surface area contributed by atoms with E-state index in [1.165, 1.54) is 13.2 Å². The zero-order valence-electron chi connectivity index (χ0n) is 14.6. The van der Waals surface area contributed by atoms with Crippen molar-refractivity contribution in [2.45, 2.75) is 31.3 Å². The van der Waals surface area contributed by atoms with Gasteiger partial charge in [0, 0.05) is 4.47 Å². The number of esters is 1. The van der Waals surface area contributed by atoms with Gasteiger partial charge in [0.1, 0.15) is 10.5 Å². The van der Waals surface area contributed by atoms with Crippen LogP contribution in [-0.2, 0) is 20.5 Å². The molecule has 0 aliphatic rings. The van der Waals surface area contributed by atoms with Crippen molar-refractivity contribution in [1.82, 2.24) is 0 Å². The number of thiophene rings is 1. The van der Waals surface area contributed by atoms with Gasteiger partial charge in [0.15, 0.2) is 11.0 Å². The van der Waals surface area contributed by atoms with Crippen LogP contribution in [0.4, 0.5) is 10.5 Å². The first-order chi connectivity index (χ1) is 12.2. The molecule has 140 valence electrons. The average Bonchev–Trinajstić information content (AvgIpc) is 3.02. The predicted octanol–water partition coefficient (Wildman–Crippen LogP) is 4.76. The first-order valence-electron chi connectivity index (χ1n) is 7.51. The second-order valence-corrected chi connectivity index (χ2v) is 9.15. The number of carbonyl (C=O) groups excluding carboxylic acids is 2. The zero-order valence-corrected chi connectivity index (χ0v) is 17.9. The van der Waals surface area contributed by atoms with Crippen LogP contribution in [0.2, 0.25) is 0 Å². The van der Waals surface area contributed by atoms with Gasteiger partial charge in [-0.15, -0.1) is 11.3 Å². The number of methoxy groups -OCH3 is 1. The number of halogens is 1. The Bertz CT molecular complexity index is 844. The highest BCUT2D eigenvalue weighted by atomic mass is 79.9. The molecule has 0 spiro atoms. The maximum absolute atomic E-state index is 13.2. The van der Waals surface area contributed by atoms with Gasteiger partial charge in [0.05, 0.1) is 17.7 Å². The summed E-state index contributed by atoms with van der Waals surface area (Å²) in [5, 5.41) is 1.62. The van der Waals surface area contributed by atoms with E-state index in [9.17, 15) is 13.8 Å². The van der Waals surface area contributed by atoms with Crippen LogP contribution in [0.1, 0.15) is 30.4 Å². The van der Waals surface area contributed by atoms with Crippen molar-refractivity contribution in [2.75, 3.05) is 11.4 Å². The molecule has 0 fully saturated rings. The molecule has 0 saturated heterocycles. The third kappa shape index (κ3) is 4.72. The van der Waals surface area contributed by atoms with Crippen molar-refractivity contribution in [3.8, 4) is 0 Å². The lowest BCUT2D eigenvalue weighted by atomic mass is 10.2. The second kappa shape index (κ2) is 8.32. The molecule has 1 aromatic carbocycles. The number of ether oxygens (including phenoxy) is 2. The Morgan fingerprint density at radius 3 is 2.42 bits per heavy atom. The molecule has 2 rings (SSSR count). The molecule has 0 radical (unpaired) electrons. The molecule has 1 atom stereocenters. The van der Waals surface area contributed by atoms with Gasteiger partial charge in [-0.25, -0.2) is 13.8 Å². The standard InChI is InChI=1S/C17H18BrNO5S2/c1-17(2,3)24-16(21)19(12-9-10-25-14(12)15(20)23-4)26(22)13-8-6-5-7-11(13)18/h5-10H,1-4H3. The van der Waals surface area contributed by atoms with Crippen LogP contribution in [0.25, 0.3) is 0 Å². The van der Waals surface area contributed by atoms with Crippen LogP contribution in [0.5, 0.6) is 0 Å². The fourth-order valence-corrected chi connectivity index (χ4v) is 4.63. The molecular weight excluding hydrogens is 442 g/mol. The van der Waals surface area contributed by atoms with Crippen molar-refractivity contribution in [2.24, 2.45) is 0 Å². The summed E-state index contributed by atoms with van der Waals surface area (Å²) in [6.45, 7) is 5.12. The van der Waals surface area contributed by atoms with E-state index in [4.69, 9.17) is 9.47 Å². The number of carbonyl (C=O) groups is 2. The summed E-state index contributed by atoms with van der Waals surface area (Å²) in [5.41, 5.74) is -0.625. The Morgan fingerprint density at radius 1 is 1.19 bits per heavy atom. The molecule has 1 unspecified atom stereocenters. The molecule has 2 aromatic rings. The third-order valence-electron chi connectivity index (χ3n) is 2.98. The number of hydrogen-bond acceptors (Lipinski definition) is 6. The summed E-state index contributed by atoms with van der Waals surface area (Å²) >= 11 is 4.43. The molecular formula is C17H18BrNO5S2. The van der Waals surface area contributed by atoms with Crippen LogP contribution in [-0.4, -0.2) is 29.0 Å². The van der Waals surface area contributed by atoms with E-state index < -0.39 is 28.6 Å². The molecule has 1 amide bonds. The first kappa shape index (κ1) is 20.6. The summed E-state index contributed by atoms with van der Waals surface area (Å²) in [6, 6.07) is 8.36. The Morgan fingerprint density at radius 2 is 1.85 bits per heavy atom. The first-order valence-corrected chi connectivity index (χ1v) is 10.3. The van der Waals surface area contributed by atoms with E-state index in [0.717, 1.165) is 15.6 Å². The van der Waals surface area contributed by atoms with Crippen molar-refractivity contribution < 1.29 is 23.3 Å². The van der Waals surface area contributed by atoms with E-state index in [0.29, 0.717) is 9.37 Å². The fraction of sp³-hybridized carbons (Fsp3) is 0.294. The summed E-state index contributed by atoms with van der Waals surface area (Å²) in [6.07, 6.45) is -0.824. The van der Waals surface area contributed by atoms with Crippen LogP contribution in [0.3, 0.4) is 0 Å². The van der Waals surface area contributed by atoms with Gasteiger partial charge in [-0.05, 0) is 60.3 Å². The highest BCUT2D eigenvalue weighted by Crippen LogP contribution is 2.33. The lowest BCUT2D eigenvalue weighted by Gasteiger charge is -2.26. The maximum atomic E-state index is 13.2. The predicted molar refractivity (Wildman–Crippen MR) is 105 cm³/mol. The smallest absolute Gasteiger partial charge is 0.427 e. The van der Waals surface area contributed by atoms with E-state index in [2.05, 4.69) is 15.9 Å². The van der Waals surface area contributed by atoms with Gasteiger partial charge in [-0.2, -0.15) is 4.31 Å². The minimum atomic E-state index is -1.94. The van der Waals surface area contributed by atoms with Gasteiger partial charge in [0.25, 0.3) is 0 Å². The molecule has 0 saturated carbocycles. The SMILES string of the molecule is COC(=O)c1sccc1N(C(=O)OC(C)(C)C)S(=O)c1ccccc1Br. The maximum Gasteiger partial charge on any atom is 0.427 e. The monoisotopic (exact) mass is 459 g/mol. The average molecular weight is 460 g/mol. The summed E-state index contributed by atoms with van der Waals surface area (Å²) in [7, 11) is -0.700. The number of amides is 1. The van der Waals surface area contributed by atoms with Crippen LogP contribution >= 0.6 is 27.3 Å². The lowest BCUT2D eigenvalue weighted by molar-refractivity contribution is 0.0605. The second-order valence-electron chi connectivity index (χ2n) is 6.08. The van der Waals surface area contributed by atoms with Gasteiger partial charge < -0.3 is 9.47 Å². The topological polar surface area (TPSA) is 72.9 Å². The van der Waals surface area contributed by atoms with Gasteiger partial charge in [-0.1, -0.05) is 12.1 Å². The van der Waals surface area contributed by atoms with E-state index in [-0.39, 0.29) is 10.6 Å². The number of benzene rings is 1. The van der Waals surface area contributed by atoms with Crippen molar-refractivity contribution in [3.63, 3.8) is 0 Å². The molecule has 9 heteroatoms. The summed E-state index contributed by atoms with van der Waals surface area (Å²) < 4.78 is 24.9. The fourth-order valence-electron chi connectivity index (χ4n) is 1.95. The molecule has 0 aliphatic carbocycles. The summed E-state index contributed by atoms with van der Waals surface area (Å²) in [5.74, 6) is -0.618. The highest BCUT2D eigenvalue weighted by Gasteiger charge is 2.33. The van der Waals surface area contributed by atoms with E-state index in [1.807, 2.05) is 0 Å². The summed E-state index contributed by atoms with van der Waals surface area (Å²) in [4.78, 5) is 25.4. The number of rotatable bonds is 4. The Labute approximate surface area is 166 Å². The molecule has 6 nitrogen and oxygen atoms in total. The van der Waals surface area contributed by atoms with Gasteiger partial charge in [0.2, 0.25) is 0 Å². The Balaban J connectivity index is 2.55. The number of anilines is 1.